The molecule has 0 spiro atoms. The Bertz CT molecular complexity index is 1500. The van der Waals surface area contributed by atoms with Gasteiger partial charge in [-0.2, -0.15) is 0 Å². The third-order valence-corrected chi connectivity index (χ3v) is 10.8. The number of sulfone groups is 1. The molecule has 0 atom stereocenters. The van der Waals surface area contributed by atoms with E-state index in [1.165, 1.54) is 12.4 Å². The van der Waals surface area contributed by atoms with Gasteiger partial charge in [0.05, 0.1) is 23.0 Å². The number of rotatable bonds is 7. The molecule has 7 rings (SSSR count). The van der Waals surface area contributed by atoms with Crippen molar-refractivity contribution in [2.75, 3.05) is 43.5 Å². The van der Waals surface area contributed by atoms with Gasteiger partial charge in [0.1, 0.15) is 30.0 Å². The number of anilines is 1. The minimum absolute atomic E-state index is 0.212. The number of hydrogen-bond donors (Lipinski definition) is 1. The number of benzene rings is 1. The molecule has 1 saturated carbocycles. The monoisotopic (exact) mass is 555 g/mol. The molecule has 3 aromatic rings. The highest BCUT2D eigenvalue weighted by Crippen LogP contribution is 2.45. The minimum Gasteiger partial charge on any atom is -0.487 e. The molecule has 9 nitrogen and oxygen atoms in total. The molecule has 11 heteroatoms. The summed E-state index contributed by atoms with van der Waals surface area (Å²) in [6, 6.07) is 5.19. The van der Waals surface area contributed by atoms with Crippen LogP contribution in [0.3, 0.4) is 0 Å². The van der Waals surface area contributed by atoms with Crippen LogP contribution in [0.15, 0.2) is 30.7 Å². The fraction of sp³-hybridized carbons (Fsp3) is 0.571. The maximum absolute atomic E-state index is 14.8. The van der Waals surface area contributed by atoms with Gasteiger partial charge in [-0.05, 0) is 62.1 Å². The smallest absolute Gasteiger partial charge is 0.165 e. The fourth-order valence-corrected chi connectivity index (χ4v) is 8.13. The van der Waals surface area contributed by atoms with Crippen molar-refractivity contribution in [3.63, 3.8) is 0 Å². The molecule has 208 valence electrons. The second-order valence-corrected chi connectivity index (χ2v) is 14.1. The fourth-order valence-electron chi connectivity index (χ4n) is 6.86. The molecular formula is C28H34FN5O4S. The van der Waals surface area contributed by atoms with Crippen LogP contribution in [0.2, 0.25) is 0 Å². The van der Waals surface area contributed by atoms with Crippen LogP contribution in [0.5, 0.6) is 5.75 Å². The molecule has 2 aromatic heterocycles. The summed E-state index contributed by atoms with van der Waals surface area (Å²) in [4.78, 5) is 11.1. The Morgan fingerprint density at radius 1 is 1.15 bits per heavy atom. The maximum Gasteiger partial charge on any atom is 0.165 e. The van der Waals surface area contributed by atoms with Gasteiger partial charge in [-0.15, -0.1) is 0 Å². The van der Waals surface area contributed by atoms with Crippen molar-refractivity contribution in [2.24, 2.45) is 5.92 Å². The molecule has 4 fully saturated rings. The second-order valence-electron chi connectivity index (χ2n) is 11.8. The van der Waals surface area contributed by atoms with Gasteiger partial charge in [0.25, 0.3) is 0 Å². The number of nitrogen functional groups attached to an aromatic ring is 1. The van der Waals surface area contributed by atoms with E-state index in [1.807, 2.05) is 0 Å². The van der Waals surface area contributed by atoms with Gasteiger partial charge in [-0.1, -0.05) is 6.07 Å². The summed E-state index contributed by atoms with van der Waals surface area (Å²) in [5, 5.41) is 0.760. The first-order valence-corrected chi connectivity index (χ1v) is 15.7. The summed E-state index contributed by atoms with van der Waals surface area (Å²) in [5.74, 6) is 1.22. The normalized spacial score (nSPS) is 30.0. The van der Waals surface area contributed by atoms with E-state index in [-0.39, 0.29) is 28.9 Å². The second kappa shape index (κ2) is 9.42. The molecule has 5 heterocycles. The van der Waals surface area contributed by atoms with Crippen molar-refractivity contribution >= 4 is 26.7 Å². The highest BCUT2D eigenvalue weighted by atomic mass is 32.2. The lowest BCUT2D eigenvalue weighted by molar-refractivity contribution is -0.0206. The van der Waals surface area contributed by atoms with Gasteiger partial charge in [0.15, 0.2) is 21.4 Å². The average Bonchev–Trinajstić information content (AvgIpc) is 3.61. The molecule has 39 heavy (non-hydrogen) atoms. The summed E-state index contributed by atoms with van der Waals surface area (Å²) in [7, 11) is -2.87. The Kier molecular flexibility index (Phi) is 6.09. The van der Waals surface area contributed by atoms with E-state index < -0.39 is 15.7 Å². The van der Waals surface area contributed by atoms with Crippen LogP contribution in [-0.2, 0) is 14.6 Å². The summed E-state index contributed by atoms with van der Waals surface area (Å²) in [6.07, 6.45) is 9.84. The molecule has 0 unspecified atom stereocenters. The number of nitrogens with zero attached hydrogens (tertiary/aromatic N) is 4. The number of nitrogens with two attached hydrogens (primary N) is 1. The van der Waals surface area contributed by atoms with Gasteiger partial charge < -0.3 is 24.7 Å². The quantitative estimate of drug-likeness (QED) is 0.471. The van der Waals surface area contributed by atoms with Crippen LogP contribution in [0.25, 0.3) is 22.2 Å². The van der Waals surface area contributed by atoms with Gasteiger partial charge >= 0.3 is 0 Å². The van der Waals surface area contributed by atoms with Crippen LogP contribution in [0, 0.1) is 11.7 Å². The highest BCUT2D eigenvalue weighted by molar-refractivity contribution is 7.91. The zero-order valence-corrected chi connectivity index (χ0v) is 22.7. The van der Waals surface area contributed by atoms with E-state index in [2.05, 4.69) is 25.6 Å². The third-order valence-electron chi connectivity index (χ3n) is 9.19. The molecule has 1 aromatic carbocycles. The predicted molar refractivity (Wildman–Crippen MR) is 146 cm³/mol. The molecule has 3 saturated heterocycles. The Labute approximate surface area is 227 Å². The van der Waals surface area contributed by atoms with Gasteiger partial charge in [-0.25, -0.2) is 22.8 Å². The Morgan fingerprint density at radius 2 is 1.92 bits per heavy atom. The first-order chi connectivity index (χ1) is 18.8. The van der Waals surface area contributed by atoms with Crippen molar-refractivity contribution < 1.29 is 22.3 Å². The van der Waals surface area contributed by atoms with Crippen LogP contribution >= 0.6 is 0 Å². The lowest BCUT2D eigenvalue weighted by Gasteiger charge is -2.40. The summed E-state index contributed by atoms with van der Waals surface area (Å²) in [5.41, 5.74) is 8.49. The molecule has 1 aliphatic carbocycles. The third kappa shape index (κ3) is 4.68. The SMILES string of the molecule is Nc1ncnc2c1c(-c1ccc(F)c(OCC34CCC(CC3)O4)c1)cn2[C@H]1C[C@@H](CN2CCS(=O)(=O)CC2)C1. The number of hydrogen-bond acceptors (Lipinski definition) is 8. The Balaban J connectivity index is 1.11. The number of halogens is 1. The van der Waals surface area contributed by atoms with E-state index in [4.69, 9.17) is 15.2 Å². The van der Waals surface area contributed by atoms with Crippen molar-refractivity contribution in [2.45, 2.75) is 56.3 Å². The molecular weight excluding hydrogens is 521 g/mol. The highest BCUT2D eigenvalue weighted by Gasteiger charge is 2.47. The van der Waals surface area contributed by atoms with Crippen LogP contribution in [0.4, 0.5) is 10.2 Å². The molecule has 2 bridgehead atoms. The topological polar surface area (TPSA) is 113 Å². The van der Waals surface area contributed by atoms with Crippen LogP contribution in [0.1, 0.15) is 44.6 Å². The number of aromatic nitrogens is 3. The van der Waals surface area contributed by atoms with Crippen molar-refractivity contribution in [3.8, 4) is 16.9 Å². The molecule has 0 radical (unpaired) electrons. The lowest BCUT2D eigenvalue weighted by atomic mass is 9.79. The van der Waals surface area contributed by atoms with Crippen LogP contribution in [-0.4, -0.2) is 77.3 Å². The lowest BCUT2D eigenvalue weighted by Crippen LogP contribution is -2.44. The predicted octanol–water partition coefficient (Wildman–Crippen LogP) is 3.59. The molecule has 2 N–H and O–H groups in total. The summed E-state index contributed by atoms with van der Waals surface area (Å²) >= 11 is 0. The van der Waals surface area contributed by atoms with Crippen LogP contribution < -0.4 is 10.5 Å². The zero-order chi connectivity index (χ0) is 26.8. The molecule has 3 aliphatic heterocycles. The van der Waals surface area contributed by atoms with Crippen molar-refractivity contribution in [1.29, 1.82) is 0 Å². The Morgan fingerprint density at radius 3 is 2.64 bits per heavy atom. The number of fused-ring (bicyclic) bond motifs is 3. The molecule has 0 amide bonds. The van der Waals surface area contributed by atoms with Crippen molar-refractivity contribution in [3.05, 3.63) is 36.5 Å². The van der Waals surface area contributed by atoms with E-state index in [0.29, 0.717) is 37.5 Å². The van der Waals surface area contributed by atoms with Gasteiger partial charge in [-0.3, -0.25) is 0 Å². The number of ether oxygens (including phenoxy) is 2. The van der Waals surface area contributed by atoms with Crippen molar-refractivity contribution in [1.82, 2.24) is 19.4 Å². The van der Waals surface area contributed by atoms with Gasteiger partial charge in [0, 0.05) is 37.4 Å². The van der Waals surface area contributed by atoms with E-state index >= 15 is 0 Å². The largest absolute Gasteiger partial charge is 0.487 e. The zero-order valence-electron chi connectivity index (χ0n) is 21.9. The summed E-state index contributed by atoms with van der Waals surface area (Å²) in [6.45, 7) is 2.50. The first-order valence-electron chi connectivity index (χ1n) is 13.9. The first kappa shape index (κ1) is 25.2. The average molecular weight is 556 g/mol. The minimum atomic E-state index is -2.87. The molecule has 4 aliphatic rings. The van der Waals surface area contributed by atoms with E-state index in [1.54, 1.807) is 12.1 Å². The van der Waals surface area contributed by atoms with Gasteiger partial charge in [0.2, 0.25) is 0 Å². The maximum atomic E-state index is 14.8. The Hall–Kier alpha value is -2.76. The standard InChI is InChI=1S/C28H34FN5O4S/c29-23-2-1-19(13-24(23)37-16-28-5-3-21(38-28)4-6-28)22-15-34(27-25(22)26(30)31-17-32-27)20-11-18(12-20)14-33-7-9-39(35,36)10-8-33/h1-2,13,15,17-18,20-21H,3-12,14,16H2,(H2,30,31,32)/t18-,20+,21?,28?. The van der Waals surface area contributed by atoms with E-state index in [9.17, 15) is 12.8 Å². The van der Waals surface area contributed by atoms with E-state index in [0.717, 1.165) is 67.2 Å². The summed E-state index contributed by atoms with van der Waals surface area (Å²) < 4.78 is 52.6.